The molecular weight excluding hydrogens is 448 g/mol. The number of aryl methyl sites for hydroxylation is 1. The van der Waals surface area contributed by atoms with E-state index in [9.17, 15) is 4.79 Å². The van der Waals surface area contributed by atoms with E-state index in [4.69, 9.17) is 4.74 Å². The van der Waals surface area contributed by atoms with Crippen LogP contribution in [0.1, 0.15) is 29.0 Å². The van der Waals surface area contributed by atoms with Gasteiger partial charge in [-0.2, -0.15) is 10.2 Å². The molecule has 3 fully saturated rings. The van der Waals surface area contributed by atoms with E-state index in [1.165, 1.54) is 11.2 Å². The van der Waals surface area contributed by atoms with Gasteiger partial charge < -0.3 is 9.64 Å². The molecule has 4 atom stereocenters. The van der Waals surface area contributed by atoms with Crippen LogP contribution in [-0.4, -0.2) is 54.5 Å². The Hall–Kier alpha value is -2.81. The molecular formula is C21H19BrN6O2. The summed E-state index contributed by atoms with van der Waals surface area (Å²) in [5, 5.41) is 8.38. The standard InChI is InChI=1S/C21H19BrN6O2/c1-12-2-4-15(28-24-6-7-25-28)18(26-12)20(29)27-11-13-8-21(13)9-16(19(21)27)30-17-5-3-14(22)10-23-17/h2-7,10,13,16,19H,8-9,11H2,1H3. The van der Waals surface area contributed by atoms with Crippen LogP contribution in [0, 0.1) is 18.3 Å². The predicted molar refractivity (Wildman–Crippen MR) is 110 cm³/mol. The molecule has 3 aromatic heterocycles. The minimum atomic E-state index is -0.0837. The molecule has 0 aromatic carbocycles. The topological polar surface area (TPSA) is 86.0 Å². The summed E-state index contributed by atoms with van der Waals surface area (Å²) in [6, 6.07) is 7.54. The number of ether oxygens (including phenoxy) is 1. The van der Waals surface area contributed by atoms with Crippen molar-refractivity contribution in [2.75, 3.05) is 6.54 Å². The van der Waals surface area contributed by atoms with Crippen molar-refractivity contribution >= 4 is 21.8 Å². The molecule has 2 aliphatic carbocycles. The van der Waals surface area contributed by atoms with E-state index < -0.39 is 0 Å². The molecule has 9 heteroatoms. The van der Waals surface area contributed by atoms with Crippen molar-refractivity contribution < 1.29 is 9.53 Å². The van der Waals surface area contributed by atoms with Gasteiger partial charge in [-0.25, -0.2) is 9.97 Å². The van der Waals surface area contributed by atoms with Crippen LogP contribution in [0.3, 0.4) is 0 Å². The fraction of sp³-hybridized carbons (Fsp3) is 0.381. The number of rotatable bonds is 4. The molecule has 152 valence electrons. The second-order valence-corrected chi connectivity index (χ2v) is 9.27. The first-order valence-electron chi connectivity index (χ1n) is 9.99. The first kappa shape index (κ1) is 18.0. The number of pyridine rings is 2. The number of carbonyl (C=O) groups is 1. The zero-order chi connectivity index (χ0) is 20.5. The number of likely N-dealkylation sites (tertiary alicyclic amines) is 1. The van der Waals surface area contributed by atoms with Gasteiger partial charge in [-0.1, -0.05) is 0 Å². The van der Waals surface area contributed by atoms with Gasteiger partial charge in [-0.05, 0) is 59.8 Å². The van der Waals surface area contributed by atoms with E-state index in [1.54, 1.807) is 18.6 Å². The fourth-order valence-electron chi connectivity index (χ4n) is 5.18. The van der Waals surface area contributed by atoms with Gasteiger partial charge in [0.15, 0.2) is 5.69 Å². The molecule has 1 spiro atoms. The van der Waals surface area contributed by atoms with E-state index in [0.29, 0.717) is 23.2 Å². The second-order valence-electron chi connectivity index (χ2n) is 8.35. The first-order valence-corrected chi connectivity index (χ1v) is 10.8. The highest BCUT2D eigenvalue weighted by atomic mass is 79.9. The molecule has 3 aromatic rings. The maximum Gasteiger partial charge on any atom is 0.275 e. The quantitative estimate of drug-likeness (QED) is 0.587. The highest BCUT2D eigenvalue weighted by Gasteiger charge is 2.76. The van der Waals surface area contributed by atoms with Crippen LogP contribution in [-0.2, 0) is 0 Å². The lowest BCUT2D eigenvalue weighted by Crippen LogP contribution is -2.59. The number of halogens is 1. The van der Waals surface area contributed by atoms with Crippen molar-refractivity contribution in [1.29, 1.82) is 0 Å². The van der Waals surface area contributed by atoms with Crippen LogP contribution < -0.4 is 4.74 Å². The van der Waals surface area contributed by atoms with Gasteiger partial charge in [0.2, 0.25) is 5.88 Å². The first-order chi connectivity index (χ1) is 14.5. The van der Waals surface area contributed by atoms with Gasteiger partial charge in [0.25, 0.3) is 5.91 Å². The third-order valence-electron chi connectivity index (χ3n) is 6.64. The summed E-state index contributed by atoms with van der Waals surface area (Å²) in [4.78, 5) is 25.9. The summed E-state index contributed by atoms with van der Waals surface area (Å²) < 4.78 is 7.08. The third kappa shape index (κ3) is 2.61. The molecule has 0 bridgehead atoms. The Labute approximate surface area is 181 Å². The molecule has 1 amide bonds. The predicted octanol–water partition coefficient (Wildman–Crippen LogP) is 2.81. The SMILES string of the molecule is Cc1ccc(-n2nccn2)c(C(=O)N2CC3CC34CC(Oc3ccc(Br)cn3)C24)n1. The van der Waals surface area contributed by atoms with Crippen LogP contribution in [0.2, 0.25) is 0 Å². The van der Waals surface area contributed by atoms with E-state index in [0.717, 1.165) is 23.1 Å². The number of hydrogen-bond acceptors (Lipinski definition) is 6. The maximum atomic E-state index is 13.6. The monoisotopic (exact) mass is 466 g/mol. The van der Waals surface area contributed by atoms with Gasteiger partial charge >= 0.3 is 0 Å². The maximum absolute atomic E-state index is 13.6. The van der Waals surface area contributed by atoms with E-state index in [2.05, 4.69) is 36.1 Å². The van der Waals surface area contributed by atoms with Gasteiger partial charge in [-0.3, -0.25) is 4.79 Å². The van der Waals surface area contributed by atoms with E-state index in [1.807, 2.05) is 36.1 Å². The van der Waals surface area contributed by atoms with Crippen LogP contribution in [0.5, 0.6) is 5.88 Å². The smallest absolute Gasteiger partial charge is 0.275 e. The zero-order valence-corrected chi connectivity index (χ0v) is 17.9. The average molecular weight is 467 g/mol. The minimum absolute atomic E-state index is 0.0498. The van der Waals surface area contributed by atoms with Gasteiger partial charge in [0.05, 0.1) is 18.4 Å². The van der Waals surface area contributed by atoms with Gasteiger partial charge in [0, 0.05) is 34.4 Å². The molecule has 8 nitrogen and oxygen atoms in total. The Morgan fingerprint density at radius 2 is 2.03 bits per heavy atom. The highest BCUT2D eigenvalue weighted by Crippen LogP contribution is 2.71. The molecule has 6 rings (SSSR count). The summed E-state index contributed by atoms with van der Waals surface area (Å²) in [5.74, 6) is 1.06. The summed E-state index contributed by atoms with van der Waals surface area (Å²) in [6.45, 7) is 2.63. The number of aromatic nitrogens is 5. The molecule has 3 aliphatic rings. The molecule has 1 saturated heterocycles. The van der Waals surface area contributed by atoms with Crippen LogP contribution in [0.4, 0.5) is 0 Å². The number of amides is 1. The van der Waals surface area contributed by atoms with Crippen LogP contribution in [0.25, 0.3) is 5.69 Å². The Morgan fingerprint density at radius 3 is 2.80 bits per heavy atom. The Kier molecular flexibility index (Phi) is 3.80. The lowest BCUT2D eigenvalue weighted by Gasteiger charge is -2.46. The highest BCUT2D eigenvalue weighted by molar-refractivity contribution is 9.10. The second kappa shape index (κ2) is 6.34. The van der Waals surface area contributed by atoms with Gasteiger partial charge in [-0.15, -0.1) is 4.80 Å². The summed E-state index contributed by atoms with van der Waals surface area (Å²) >= 11 is 3.40. The van der Waals surface area contributed by atoms with Crippen molar-refractivity contribution in [1.82, 2.24) is 29.9 Å². The van der Waals surface area contributed by atoms with E-state index in [-0.39, 0.29) is 23.5 Å². The van der Waals surface area contributed by atoms with Crippen molar-refractivity contribution in [3.8, 4) is 11.6 Å². The molecule has 2 saturated carbocycles. The zero-order valence-electron chi connectivity index (χ0n) is 16.3. The van der Waals surface area contributed by atoms with E-state index >= 15 is 0 Å². The molecule has 0 radical (unpaired) electrons. The number of nitrogens with zero attached hydrogens (tertiary/aromatic N) is 6. The van der Waals surface area contributed by atoms with Crippen LogP contribution >= 0.6 is 15.9 Å². The molecule has 1 aliphatic heterocycles. The fourth-order valence-corrected chi connectivity index (χ4v) is 5.42. The van der Waals surface area contributed by atoms with Crippen molar-refractivity contribution in [2.45, 2.75) is 31.9 Å². The molecule has 4 heterocycles. The Balaban J connectivity index is 1.30. The lowest BCUT2D eigenvalue weighted by atomic mass is 9.73. The number of carbonyl (C=O) groups excluding carboxylic acids is 1. The van der Waals surface area contributed by atoms with Crippen LogP contribution in [0.15, 0.2) is 47.3 Å². The van der Waals surface area contributed by atoms with Crippen molar-refractivity contribution in [2.24, 2.45) is 11.3 Å². The average Bonchev–Trinajstić information content (AvgIpc) is 3.10. The summed E-state index contributed by atoms with van der Waals surface area (Å²) in [7, 11) is 0. The summed E-state index contributed by atoms with van der Waals surface area (Å²) in [5.41, 5.74) is 1.98. The summed E-state index contributed by atoms with van der Waals surface area (Å²) in [6.07, 6.45) is 7.00. The largest absolute Gasteiger partial charge is 0.472 e. The number of hydrogen-bond donors (Lipinski definition) is 0. The molecule has 4 unspecified atom stereocenters. The van der Waals surface area contributed by atoms with Crippen molar-refractivity contribution in [3.63, 3.8) is 0 Å². The third-order valence-corrected chi connectivity index (χ3v) is 7.11. The normalized spacial score (nSPS) is 28.5. The lowest BCUT2D eigenvalue weighted by molar-refractivity contribution is -0.0347. The van der Waals surface area contributed by atoms with Crippen molar-refractivity contribution in [3.05, 3.63) is 58.7 Å². The van der Waals surface area contributed by atoms with Gasteiger partial charge in [0.1, 0.15) is 11.8 Å². The molecule has 30 heavy (non-hydrogen) atoms. The number of piperidine rings is 1. The Morgan fingerprint density at radius 1 is 1.20 bits per heavy atom. The minimum Gasteiger partial charge on any atom is -0.472 e. The Bertz CT molecular complexity index is 1130. The molecule has 0 N–H and O–H groups in total.